The number of carbonyl (C=O) groups is 1. The molecule has 4 heteroatoms. The molecule has 0 amide bonds. The summed E-state index contributed by atoms with van der Waals surface area (Å²) in [7, 11) is 0. The summed E-state index contributed by atoms with van der Waals surface area (Å²) in [5.41, 5.74) is 3.37. The van der Waals surface area contributed by atoms with E-state index in [1.807, 2.05) is 13.8 Å². The average Bonchev–Trinajstić information content (AvgIpc) is 2.77. The van der Waals surface area contributed by atoms with Crippen LogP contribution in [0.2, 0.25) is 0 Å². The van der Waals surface area contributed by atoms with Crippen molar-refractivity contribution in [1.29, 1.82) is 0 Å². The summed E-state index contributed by atoms with van der Waals surface area (Å²) < 4.78 is 6.62. The Morgan fingerprint density at radius 3 is 2.09 bits per heavy atom. The smallest absolute Gasteiger partial charge is 0.303 e. The summed E-state index contributed by atoms with van der Waals surface area (Å²) in [6.45, 7) is 15.6. The van der Waals surface area contributed by atoms with Crippen LogP contribution in [0.15, 0.2) is 0 Å². The lowest BCUT2D eigenvalue weighted by molar-refractivity contribution is -0.136. The van der Waals surface area contributed by atoms with Crippen LogP contribution in [0.1, 0.15) is 128 Å². The van der Waals surface area contributed by atoms with Gasteiger partial charge in [0.2, 0.25) is 0 Å². The molecule has 0 saturated carbocycles. The summed E-state index contributed by atoms with van der Waals surface area (Å²) >= 11 is 0. The van der Waals surface area contributed by atoms with Gasteiger partial charge in [-0.25, -0.2) is 0 Å². The molecule has 2 N–H and O–H groups in total. The lowest BCUT2D eigenvalue weighted by Crippen LogP contribution is -2.37. The van der Waals surface area contributed by atoms with Crippen LogP contribution >= 0.6 is 0 Å². The van der Waals surface area contributed by atoms with E-state index < -0.39 is 5.97 Å². The second-order valence-electron chi connectivity index (χ2n) is 12.2. The predicted molar refractivity (Wildman–Crippen MR) is 146 cm³/mol. The number of benzene rings is 1. The zero-order valence-electron chi connectivity index (χ0n) is 23.6. The zero-order chi connectivity index (χ0) is 26.2. The van der Waals surface area contributed by atoms with Gasteiger partial charge in [0.1, 0.15) is 17.1 Å². The molecule has 1 aromatic carbocycles. The van der Waals surface area contributed by atoms with Gasteiger partial charge in [-0.2, -0.15) is 0 Å². The van der Waals surface area contributed by atoms with Gasteiger partial charge in [0, 0.05) is 17.5 Å². The Kier molecular flexibility index (Phi) is 11.4. The number of phenolic OH excluding ortho intramolecular Hbond substituents is 1. The number of aliphatic carboxylic acids is 1. The van der Waals surface area contributed by atoms with Crippen molar-refractivity contribution in [1.82, 2.24) is 0 Å². The maximum absolute atomic E-state index is 11.1. The summed E-state index contributed by atoms with van der Waals surface area (Å²) in [6.07, 6.45) is 13.7. The first-order chi connectivity index (χ1) is 16.4. The van der Waals surface area contributed by atoms with E-state index in [2.05, 4.69) is 34.6 Å². The van der Waals surface area contributed by atoms with Crippen molar-refractivity contribution in [3.8, 4) is 11.5 Å². The number of rotatable bonds is 15. The van der Waals surface area contributed by atoms with E-state index in [9.17, 15) is 9.90 Å². The third-order valence-corrected chi connectivity index (χ3v) is 8.30. The number of ether oxygens (including phenoxy) is 1. The van der Waals surface area contributed by atoms with Crippen molar-refractivity contribution >= 4 is 5.97 Å². The SMILES string of the molecule is Cc1c(C)c2c(c(CCC(=O)O)c1O)CCC(C)(CCCC(C)CCCC(C)CCCC(C)C)O2. The number of fused-ring (bicyclic) bond motifs is 1. The maximum atomic E-state index is 11.1. The number of phenols is 1. The Morgan fingerprint density at radius 1 is 0.943 bits per heavy atom. The highest BCUT2D eigenvalue weighted by molar-refractivity contribution is 5.68. The lowest BCUT2D eigenvalue weighted by Gasteiger charge is -2.38. The van der Waals surface area contributed by atoms with E-state index in [0.29, 0.717) is 6.42 Å². The monoisotopic (exact) mass is 488 g/mol. The summed E-state index contributed by atoms with van der Waals surface area (Å²) in [5, 5.41) is 19.8. The number of hydrogen-bond acceptors (Lipinski definition) is 3. The van der Waals surface area contributed by atoms with Gasteiger partial charge >= 0.3 is 5.97 Å². The zero-order valence-corrected chi connectivity index (χ0v) is 23.6. The third-order valence-electron chi connectivity index (χ3n) is 8.30. The van der Waals surface area contributed by atoms with Gasteiger partial charge in [-0.15, -0.1) is 0 Å². The number of hydrogen-bond donors (Lipinski definition) is 2. The molecule has 1 aromatic rings. The van der Waals surface area contributed by atoms with Gasteiger partial charge in [0.05, 0.1) is 0 Å². The van der Waals surface area contributed by atoms with Gasteiger partial charge in [-0.05, 0) is 81.8 Å². The molecule has 0 aliphatic carbocycles. The van der Waals surface area contributed by atoms with Gasteiger partial charge in [-0.3, -0.25) is 4.79 Å². The van der Waals surface area contributed by atoms with Crippen LogP contribution in [0.25, 0.3) is 0 Å². The fourth-order valence-electron chi connectivity index (χ4n) is 5.65. The second kappa shape index (κ2) is 13.6. The molecule has 0 saturated heterocycles. The van der Waals surface area contributed by atoms with E-state index in [1.165, 1.54) is 51.4 Å². The van der Waals surface area contributed by atoms with E-state index in [1.54, 1.807) is 0 Å². The Morgan fingerprint density at radius 2 is 1.51 bits per heavy atom. The highest BCUT2D eigenvalue weighted by atomic mass is 16.5. The number of carboxylic acids is 1. The molecule has 200 valence electrons. The van der Waals surface area contributed by atoms with E-state index >= 15 is 0 Å². The lowest BCUT2D eigenvalue weighted by atomic mass is 9.83. The van der Waals surface area contributed by atoms with Gasteiger partial charge in [0.15, 0.2) is 0 Å². The Hall–Kier alpha value is -1.71. The van der Waals surface area contributed by atoms with Gasteiger partial charge < -0.3 is 14.9 Å². The molecule has 1 heterocycles. The fourth-order valence-corrected chi connectivity index (χ4v) is 5.65. The molecule has 3 unspecified atom stereocenters. The van der Waals surface area contributed by atoms with Gasteiger partial charge in [-0.1, -0.05) is 72.6 Å². The minimum Gasteiger partial charge on any atom is -0.507 e. The topological polar surface area (TPSA) is 66.8 Å². The normalized spacial score (nSPS) is 19.3. The van der Waals surface area contributed by atoms with Crippen LogP contribution in [0.5, 0.6) is 11.5 Å². The largest absolute Gasteiger partial charge is 0.507 e. The quantitative estimate of drug-likeness (QED) is 0.259. The van der Waals surface area contributed by atoms with Crippen molar-refractivity contribution < 1.29 is 19.7 Å². The minimum atomic E-state index is -0.840. The van der Waals surface area contributed by atoms with Crippen molar-refractivity contribution in [3.05, 3.63) is 22.3 Å². The molecule has 2 rings (SSSR count). The van der Waals surface area contributed by atoms with E-state index in [4.69, 9.17) is 9.84 Å². The molecule has 0 aromatic heterocycles. The van der Waals surface area contributed by atoms with Crippen molar-refractivity contribution in [3.63, 3.8) is 0 Å². The molecule has 4 nitrogen and oxygen atoms in total. The minimum absolute atomic E-state index is 0.0222. The average molecular weight is 489 g/mol. The van der Waals surface area contributed by atoms with Gasteiger partial charge in [0.25, 0.3) is 0 Å². The molecular formula is C31H52O4. The molecule has 1 aliphatic rings. The van der Waals surface area contributed by atoms with Crippen molar-refractivity contribution in [2.24, 2.45) is 17.8 Å². The predicted octanol–water partition coefficient (Wildman–Crippen LogP) is 8.55. The van der Waals surface area contributed by atoms with E-state index in [-0.39, 0.29) is 17.8 Å². The summed E-state index contributed by atoms with van der Waals surface area (Å²) in [4.78, 5) is 11.1. The molecular weight excluding hydrogens is 436 g/mol. The van der Waals surface area contributed by atoms with Crippen molar-refractivity contribution in [2.75, 3.05) is 0 Å². The Bertz CT molecular complexity index is 828. The first-order valence-corrected chi connectivity index (χ1v) is 14.2. The maximum Gasteiger partial charge on any atom is 0.303 e. The van der Waals surface area contributed by atoms with Crippen molar-refractivity contribution in [2.45, 2.75) is 138 Å². The molecule has 0 fully saturated rings. The second-order valence-corrected chi connectivity index (χ2v) is 12.2. The molecule has 0 radical (unpaired) electrons. The van der Waals surface area contributed by atoms with Crippen LogP contribution in [0.4, 0.5) is 0 Å². The first-order valence-electron chi connectivity index (χ1n) is 14.2. The molecule has 1 aliphatic heterocycles. The third kappa shape index (κ3) is 9.03. The molecule has 0 spiro atoms. The van der Waals surface area contributed by atoms with Crippen LogP contribution in [-0.4, -0.2) is 21.8 Å². The highest BCUT2D eigenvalue weighted by Crippen LogP contribution is 2.45. The van der Waals surface area contributed by atoms with Crippen LogP contribution in [0, 0.1) is 31.6 Å². The number of carboxylic acid groups (broad SMARTS) is 1. The Balaban J connectivity index is 1.85. The van der Waals surface area contributed by atoms with Crippen LogP contribution in [0.3, 0.4) is 0 Å². The molecule has 0 bridgehead atoms. The summed E-state index contributed by atoms with van der Waals surface area (Å²) in [5.74, 6) is 2.71. The van der Waals surface area contributed by atoms with E-state index in [0.717, 1.165) is 65.0 Å². The molecule has 3 atom stereocenters. The van der Waals surface area contributed by atoms with Crippen LogP contribution < -0.4 is 4.74 Å². The standard InChI is InChI=1S/C31H52O4/c1-21(2)11-8-12-22(3)13-9-14-23(4)15-10-19-31(7)20-18-27-26(16-17-28(32)33)29(34)24(5)25(6)30(27)35-31/h21-23,34H,8-20H2,1-7H3,(H,32,33). The molecule has 35 heavy (non-hydrogen) atoms. The first kappa shape index (κ1) is 29.5. The number of aromatic hydroxyl groups is 1. The Labute approximate surface area is 214 Å². The highest BCUT2D eigenvalue weighted by Gasteiger charge is 2.35. The fraction of sp³-hybridized carbons (Fsp3) is 0.774. The van der Waals surface area contributed by atoms with Crippen LogP contribution in [-0.2, 0) is 17.6 Å². The summed E-state index contributed by atoms with van der Waals surface area (Å²) in [6, 6.07) is 0.